The van der Waals surface area contributed by atoms with Crippen molar-refractivity contribution in [2.45, 2.75) is 13.0 Å². The van der Waals surface area contributed by atoms with Gasteiger partial charge in [-0.3, -0.25) is 0 Å². The molecule has 0 aromatic rings. The Bertz CT molecular complexity index is 108. The van der Waals surface area contributed by atoms with E-state index in [1.807, 2.05) is 6.92 Å². The lowest BCUT2D eigenvalue weighted by Gasteiger charge is -2.03. The van der Waals surface area contributed by atoms with Crippen molar-refractivity contribution in [3.05, 3.63) is 24.8 Å². The molecule has 0 aliphatic heterocycles. The quantitative estimate of drug-likeness (QED) is 0.460. The van der Waals surface area contributed by atoms with E-state index in [1.54, 1.807) is 18.2 Å². The van der Waals surface area contributed by atoms with E-state index < -0.39 is 6.10 Å². The number of rotatable bonds is 5. The van der Waals surface area contributed by atoms with Gasteiger partial charge in [0.25, 0.3) is 0 Å². The maximum atomic E-state index is 9.03. The third-order valence-corrected chi connectivity index (χ3v) is 0.939. The van der Waals surface area contributed by atoms with Crippen molar-refractivity contribution < 1.29 is 9.84 Å². The number of hydrogen-bond donors (Lipinski definition) is 1. The molecule has 0 amide bonds. The van der Waals surface area contributed by atoms with Gasteiger partial charge in [-0.2, -0.15) is 0 Å². The highest BCUT2D eigenvalue weighted by Crippen LogP contribution is 1.87. The molecule has 0 saturated carbocycles. The predicted octanol–water partition coefficient (Wildman–Crippen LogP) is 1.13. The summed E-state index contributed by atoms with van der Waals surface area (Å²) in [5.41, 5.74) is 0. The normalized spacial score (nSPS) is 13.8. The van der Waals surface area contributed by atoms with E-state index in [2.05, 4.69) is 6.58 Å². The summed E-state index contributed by atoms with van der Waals surface area (Å²) in [5.74, 6) is 0. The molecule has 0 radical (unpaired) electrons. The van der Waals surface area contributed by atoms with Crippen LogP contribution in [0.2, 0.25) is 0 Å². The Morgan fingerprint density at radius 3 is 2.90 bits per heavy atom. The first kappa shape index (κ1) is 9.40. The minimum Gasteiger partial charge on any atom is -0.387 e. The summed E-state index contributed by atoms with van der Waals surface area (Å²) in [6, 6.07) is 0. The molecule has 0 heterocycles. The molecule has 0 aromatic carbocycles. The molecule has 58 valence electrons. The maximum absolute atomic E-state index is 9.03. The predicted molar refractivity (Wildman–Crippen MR) is 41.8 cm³/mol. The Morgan fingerprint density at radius 2 is 2.40 bits per heavy atom. The fraction of sp³-hybridized carbons (Fsp3) is 0.500. The molecule has 0 aliphatic carbocycles. The van der Waals surface area contributed by atoms with Crippen molar-refractivity contribution in [3.8, 4) is 0 Å². The first-order valence-corrected chi connectivity index (χ1v) is 3.30. The lowest BCUT2D eigenvalue weighted by Crippen LogP contribution is -2.11. The second kappa shape index (κ2) is 6.52. The van der Waals surface area contributed by atoms with Crippen LogP contribution in [-0.2, 0) is 4.74 Å². The van der Waals surface area contributed by atoms with Crippen molar-refractivity contribution in [3.63, 3.8) is 0 Å². The topological polar surface area (TPSA) is 29.5 Å². The second-order valence-corrected chi connectivity index (χ2v) is 1.92. The van der Waals surface area contributed by atoms with Crippen LogP contribution in [0.4, 0.5) is 0 Å². The highest BCUT2D eigenvalue weighted by Gasteiger charge is 1.95. The SMILES string of the molecule is C=CCOC[C@H](O)/C=C/C. The largest absolute Gasteiger partial charge is 0.387 e. The van der Waals surface area contributed by atoms with Gasteiger partial charge in [-0.15, -0.1) is 6.58 Å². The van der Waals surface area contributed by atoms with Crippen LogP contribution in [-0.4, -0.2) is 24.4 Å². The van der Waals surface area contributed by atoms with Crippen LogP contribution in [0.3, 0.4) is 0 Å². The van der Waals surface area contributed by atoms with Crippen molar-refractivity contribution in [1.82, 2.24) is 0 Å². The third-order valence-electron chi connectivity index (χ3n) is 0.939. The van der Waals surface area contributed by atoms with E-state index in [1.165, 1.54) is 0 Å². The first-order valence-electron chi connectivity index (χ1n) is 3.30. The average molecular weight is 142 g/mol. The van der Waals surface area contributed by atoms with Crippen LogP contribution < -0.4 is 0 Å². The fourth-order valence-electron chi connectivity index (χ4n) is 0.550. The van der Waals surface area contributed by atoms with Gasteiger partial charge in [0.2, 0.25) is 0 Å². The van der Waals surface area contributed by atoms with Crippen molar-refractivity contribution in [1.29, 1.82) is 0 Å². The summed E-state index contributed by atoms with van der Waals surface area (Å²) in [6.45, 7) is 6.17. The molecule has 0 aromatic heterocycles. The van der Waals surface area contributed by atoms with Gasteiger partial charge in [0.05, 0.1) is 19.3 Å². The molecule has 0 saturated heterocycles. The lowest BCUT2D eigenvalue weighted by atomic mass is 10.3. The van der Waals surface area contributed by atoms with Gasteiger partial charge in [0.15, 0.2) is 0 Å². The molecule has 0 fully saturated rings. The molecule has 2 nitrogen and oxygen atoms in total. The molecule has 2 heteroatoms. The molecule has 1 N–H and O–H groups in total. The van der Waals surface area contributed by atoms with Gasteiger partial charge in [-0.05, 0) is 6.92 Å². The number of allylic oxidation sites excluding steroid dienone is 1. The standard InChI is InChI=1S/C8H14O2/c1-3-5-8(9)7-10-6-4-2/h3-5,8-9H,2,6-7H2,1H3/b5-3+/t8-/m1/s1. The number of aliphatic hydroxyl groups is 1. The second-order valence-electron chi connectivity index (χ2n) is 1.92. The number of hydrogen-bond acceptors (Lipinski definition) is 2. The van der Waals surface area contributed by atoms with Gasteiger partial charge in [0, 0.05) is 0 Å². The summed E-state index contributed by atoms with van der Waals surface area (Å²) in [5, 5.41) is 9.03. The highest BCUT2D eigenvalue weighted by molar-refractivity contribution is 4.85. The molecule has 0 aliphatic rings. The zero-order valence-corrected chi connectivity index (χ0v) is 6.29. The van der Waals surface area contributed by atoms with E-state index >= 15 is 0 Å². The Hall–Kier alpha value is -0.600. The van der Waals surface area contributed by atoms with Crippen LogP contribution >= 0.6 is 0 Å². The first-order chi connectivity index (χ1) is 4.81. The summed E-state index contributed by atoms with van der Waals surface area (Å²) < 4.78 is 4.98. The summed E-state index contributed by atoms with van der Waals surface area (Å²) in [6.07, 6.45) is 4.65. The molecular formula is C8H14O2. The maximum Gasteiger partial charge on any atom is 0.0954 e. The van der Waals surface area contributed by atoms with Gasteiger partial charge >= 0.3 is 0 Å². The Balaban J connectivity index is 3.20. The third kappa shape index (κ3) is 5.54. The van der Waals surface area contributed by atoms with Crippen LogP contribution in [0.25, 0.3) is 0 Å². The zero-order chi connectivity index (χ0) is 7.82. The van der Waals surface area contributed by atoms with Crippen molar-refractivity contribution in [2.75, 3.05) is 13.2 Å². The minimum atomic E-state index is -0.482. The van der Waals surface area contributed by atoms with E-state index in [0.29, 0.717) is 13.2 Å². The summed E-state index contributed by atoms with van der Waals surface area (Å²) >= 11 is 0. The lowest BCUT2D eigenvalue weighted by molar-refractivity contribution is 0.0748. The van der Waals surface area contributed by atoms with E-state index in [4.69, 9.17) is 9.84 Å². The van der Waals surface area contributed by atoms with Gasteiger partial charge in [-0.25, -0.2) is 0 Å². The van der Waals surface area contributed by atoms with E-state index in [9.17, 15) is 0 Å². The Labute approximate surface area is 61.8 Å². The summed E-state index contributed by atoms with van der Waals surface area (Å²) in [4.78, 5) is 0. The van der Waals surface area contributed by atoms with E-state index in [-0.39, 0.29) is 0 Å². The van der Waals surface area contributed by atoms with Gasteiger partial charge in [0.1, 0.15) is 0 Å². The molecule has 1 atom stereocenters. The molecular weight excluding hydrogens is 128 g/mol. The minimum absolute atomic E-state index is 0.344. The van der Waals surface area contributed by atoms with Crippen LogP contribution in [0.15, 0.2) is 24.8 Å². The van der Waals surface area contributed by atoms with Crippen LogP contribution in [0, 0.1) is 0 Å². The van der Waals surface area contributed by atoms with Crippen LogP contribution in [0.5, 0.6) is 0 Å². The number of ether oxygens (including phenoxy) is 1. The van der Waals surface area contributed by atoms with Crippen molar-refractivity contribution in [2.24, 2.45) is 0 Å². The Kier molecular flexibility index (Phi) is 6.13. The highest BCUT2D eigenvalue weighted by atomic mass is 16.5. The average Bonchev–Trinajstić information content (AvgIpc) is 1.89. The van der Waals surface area contributed by atoms with Gasteiger partial charge < -0.3 is 9.84 Å². The van der Waals surface area contributed by atoms with Crippen LogP contribution in [0.1, 0.15) is 6.92 Å². The zero-order valence-electron chi connectivity index (χ0n) is 6.29. The smallest absolute Gasteiger partial charge is 0.0954 e. The Morgan fingerprint density at radius 1 is 1.70 bits per heavy atom. The molecule has 0 unspecified atom stereocenters. The summed E-state index contributed by atoms with van der Waals surface area (Å²) in [7, 11) is 0. The fourth-order valence-corrected chi connectivity index (χ4v) is 0.550. The molecule has 0 rings (SSSR count). The molecule has 10 heavy (non-hydrogen) atoms. The van der Waals surface area contributed by atoms with E-state index in [0.717, 1.165) is 0 Å². The number of aliphatic hydroxyl groups excluding tert-OH is 1. The monoisotopic (exact) mass is 142 g/mol. The molecule has 0 bridgehead atoms. The van der Waals surface area contributed by atoms with Crippen molar-refractivity contribution >= 4 is 0 Å². The van der Waals surface area contributed by atoms with Gasteiger partial charge in [-0.1, -0.05) is 18.2 Å². The molecule has 0 spiro atoms.